The van der Waals surface area contributed by atoms with Crippen LogP contribution >= 0.6 is 0 Å². The molecule has 4 nitrogen and oxygen atoms in total. The lowest BCUT2D eigenvalue weighted by molar-refractivity contribution is 0.561. The minimum Gasteiger partial charge on any atom is -0.330 e. The molecule has 6 heteroatoms. The normalized spacial score (nSPS) is 17.6. The van der Waals surface area contributed by atoms with Gasteiger partial charge in [0.05, 0.1) is 4.90 Å². The van der Waals surface area contributed by atoms with Gasteiger partial charge in [-0.3, -0.25) is 4.72 Å². The highest BCUT2D eigenvalue weighted by Crippen LogP contribution is 2.33. The van der Waals surface area contributed by atoms with Gasteiger partial charge in [0.15, 0.2) is 0 Å². The lowest BCUT2D eigenvalue weighted by Crippen LogP contribution is -2.19. The SMILES string of the molecule is NCC1CCCc2ccc(NS(=O)(=O)c3ccc(F)cc3)cc21. The van der Waals surface area contributed by atoms with Crippen molar-refractivity contribution in [2.75, 3.05) is 11.3 Å². The van der Waals surface area contributed by atoms with Crippen LogP contribution < -0.4 is 10.5 Å². The molecule has 2 aromatic carbocycles. The number of fused-ring (bicyclic) bond motifs is 1. The summed E-state index contributed by atoms with van der Waals surface area (Å²) in [5.74, 6) is -0.197. The summed E-state index contributed by atoms with van der Waals surface area (Å²) in [6.07, 6.45) is 3.13. The maximum absolute atomic E-state index is 12.9. The van der Waals surface area contributed by atoms with Crippen LogP contribution in [-0.4, -0.2) is 15.0 Å². The predicted octanol–water partition coefficient (Wildman–Crippen LogP) is 3.01. The summed E-state index contributed by atoms with van der Waals surface area (Å²) in [5, 5.41) is 0. The molecule has 0 aliphatic heterocycles. The van der Waals surface area contributed by atoms with Crippen LogP contribution in [0.5, 0.6) is 0 Å². The summed E-state index contributed by atoms with van der Waals surface area (Å²) in [5.41, 5.74) is 8.69. The first-order valence-corrected chi connectivity index (χ1v) is 9.09. The van der Waals surface area contributed by atoms with Gasteiger partial charge in [0.2, 0.25) is 0 Å². The van der Waals surface area contributed by atoms with E-state index >= 15 is 0 Å². The van der Waals surface area contributed by atoms with E-state index in [0.29, 0.717) is 12.2 Å². The van der Waals surface area contributed by atoms with Gasteiger partial charge in [0, 0.05) is 5.69 Å². The third-order valence-electron chi connectivity index (χ3n) is 4.25. The van der Waals surface area contributed by atoms with Crippen molar-refractivity contribution in [3.63, 3.8) is 0 Å². The van der Waals surface area contributed by atoms with Gasteiger partial charge in [-0.05, 0) is 79.3 Å². The van der Waals surface area contributed by atoms with Crippen molar-refractivity contribution in [3.05, 3.63) is 59.4 Å². The zero-order valence-electron chi connectivity index (χ0n) is 12.6. The Balaban J connectivity index is 1.89. The highest BCUT2D eigenvalue weighted by Gasteiger charge is 2.21. The molecule has 3 N–H and O–H groups in total. The first-order chi connectivity index (χ1) is 11.0. The molecule has 0 saturated heterocycles. The van der Waals surface area contributed by atoms with Gasteiger partial charge in [-0.2, -0.15) is 0 Å². The van der Waals surface area contributed by atoms with Crippen LogP contribution in [0.25, 0.3) is 0 Å². The maximum Gasteiger partial charge on any atom is 0.261 e. The molecule has 1 unspecified atom stereocenters. The minimum absolute atomic E-state index is 0.0343. The molecule has 0 saturated carbocycles. The lowest BCUT2D eigenvalue weighted by Gasteiger charge is -2.25. The van der Waals surface area contributed by atoms with Crippen molar-refractivity contribution in [2.24, 2.45) is 5.73 Å². The Morgan fingerprint density at radius 3 is 2.61 bits per heavy atom. The van der Waals surface area contributed by atoms with Crippen LogP contribution in [0.1, 0.15) is 29.9 Å². The Labute approximate surface area is 135 Å². The predicted molar refractivity (Wildman–Crippen MR) is 88.4 cm³/mol. The zero-order valence-corrected chi connectivity index (χ0v) is 13.4. The van der Waals surface area contributed by atoms with Crippen LogP contribution in [0.4, 0.5) is 10.1 Å². The molecule has 0 amide bonds. The Morgan fingerprint density at radius 2 is 1.91 bits per heavy atom. The van der Waals surface area contributed by atoms with Gasteiger partial charge in [0.1, 0.15) is 5.82 Å². The average Bonchev–Trinajstić information content (AvgIpc) is 2.54. The number of aryl methyl sites for hydroxylation is 1. The van der Waals surface area contributed by atoms with Gasteiger partial charge < -0.3 is 5.73 Å². The Morgan fingerprint density at radius 1 is 1.17 bits per heavy atom. The molecule has 1 aliphatic carbocycles. The molecule has 0 bridgehead atoms. The summed E-state index contributed by atoms with van der Waals surface area (Å²) in [7, 11) is -3.73. The van der Waals surface area contributed by atoms with Crippen LogP contribution in [-0.2, 0) is 16.4 Å². The molecule has 0 spiro atoms. The fourth-order valence-corrected chi connectivity index (χ4v) is 4.08. The quantitative estimate of drug-likeness (QED) is 0.903. The topological polar surface area (TPSA) is 72.2 Å². The Hall–Kier alpha value is -1.92. The molecule has 122 valence electrons. The fraction of sp³-hybridized carbons (Fsp3) is 0.294. The molecule has 0 fully saturated rings. The van der Waals surface area contributed by atoms with Crippen molar-refractivity contribution in [3.8, 4) is 0 Å². The lowest BCUT2D eigenvalue weighted by atomic mass is 9.83. The largest absolute Gasteiger partial charge is 0.330 e. The van der Waals surface area contributed by atoms with E-state index in [2.05, 4.69) is 4.72 Å². The van der Waals surface area contributed by atoms with Crippen LogP contribution in [0.2, 0.25) is 0 Å². The molecule has 1 aliphatic rings. The third kappa shape index (κ3) is 3.38. The second-order valence-corrected chi connectivity index (χ2v) is 7.48. The fourth-order valence-electron chi connectivity index (χ4n) is 3.03. The van der Waals surface area contributed by atoms with Crippen LogP contribution in [0, 0.1) is 5.82 Å². The highest BCUT2D eigenvalue weighted by atomic mass is 32.2. The number of anilines is 1. The van der Waals surface area contributed by atoms with E-state index in [1.165, 1.54) is 17.7 Å². The number of nitrogens with two attached hydrogens (primary N) is 1. The second-order valence-electron chi connectivity index (χ2n) is 5.80. The van der Waals surface area contributed by atoms with E-state index < -0.39 is 15.8 Å². The van der Waals surface area contributed by atoms with Gasteiger partial charge in [-0.25, -0.2) is 12.8 Å². The maximum atomic E-state index is 12.9. The number of hydrogen-bond donors (Lipinski definition) is 2. The number of halogens is 1. The van der Waals surface area contributed by atoms with E-state index in [1.807, 2.05) is 12.1 Å². The summed E-state index contributed by atoms with van der Waals surface area (Å²) in [4.78, 5) is 0.0343. The summed E-state index contributed by atoms with van der Waals surface area (Å²) in [6.45, 7) is 0.557. The molecule has 0 aromatic heterocycles. The molecular weight excluding hydrogens is 315 g/mol. The van der Waals surface area contributed by atoms with Gasteiger partial charge in [-0.15, -0.1) is 0 Å². The van der Waals surface area contributed by atoms with E-state index in [1.54, 1.807) is 6.07 Å². The third-order valence-corrected chi connectivity index (χ3v) is 5.64. The first kappa shape index (κ1) is 16.0. The number of benzene rings is 2. The smallest absolute Gasteiger partial charge is 0.261 e. The number of nitrogens with one attached hydrogen (secondary N) is 1. The van der Waals surface area contributed by atoms with Crippen molar-refractivity contribution in [1.82, 2.24) is 0 Å². The number of rotatable bonds is 4. The molecular formula is C17H19FN2O2S. The van der Waals surface area contributed by atoms with E-state index in [4.69, 9.17) is 5.73 Å². The van der Waals surface area contributed by atoms with Crippen molar-refractivity contribution >= 4 is 15.7 Å². The van der Waals surface area contributed by atoms with Crippen molar-refractivity contribution < 1.29 is 12.8 Å². The van der Waals surface area contributed by atoms with Crippen LogP contribution in [0.15, 0.2) is 47.4 Å². The summed E-state index contributed by atoms with van der Waals surface area (Å²) < 4.78 is 40.3. The second kappa shape index (κ2) is 6.29. The molecule has 3 rings (SSSR count). The Kier molecular flexibility index (Phi) is 4.37. The zero-order chi connectivity index (χ0) is 16.4. The van der Waals surface area contributed by atoms with E-state index in [-0.39, 0.29) is 10.8 Å². The molecule has 0 heterocycles. The Bertz CT molecular complexity index is 804. The number of sulfonamides is 1. The van der Waals surface area contributed by atoms with Crippen LogP contribution in [0.3, 0.4) is 0 Å². The summed E-state index contributed by atoms with van der Waals surface area (Å²) in [6, 6.07) is 10.3. The number of hydrogen-bond acceptors (Lipinski definition) is 3. The molecule has 1 atom stereocenters. The van der Waals surface area contributed by atoms with Crippen molar-refractivity contribution in [1.29, 1.82) is 0 Å². The molecule has 0 radical (unpaired) electrons. The van der Waals surface area contributed by atoms with Gasteiger partial charge >= 0.3 is 0 Å². The molecule has 2 aromatic rings. The van der Waals surface area contributed by atoms with Gasteiger partial charge in [-0.1, -0.05) is 6.07 Å². The monoisotopic (exact) mass is 334 g/mol. The standard InChI is InChI=1S/C17H19FN2O2S/c18-14-5-8-16(9-6-14)23(21,22)20-15-7-4-12-2-1-3-13(11-19)17(12)10-15/h4-10,13,20H,1-3,11,19H2. The highest BCUT2D eigenvalue weighted by molar-refractivity contribution is 7.92. The summed E-state index contributed by atoms with van der Waals surface area (Å²) >= 11 is 0. The molecule has 23 heavy (non-hydrogen) atoms. The van der Waals surface area contributed by atoms with E-state index in [0.717, 1.165) is 37.0 Å². The minimum atomic E-state index is -3.73. The average molecular weight is 334 g/mol. The first-order valence-electron chi connectivity index (χ1n) is 7.61. The van der Waals surface area contributed by atoms with Gasteiger partial charge in [0.25, 0.3) is 10.0 Å². The van der Waals surface area contributed by atoms with Crippen molar-refractivity contribution in [2.45, 2.75) is 30.1 Å². The van der Waals surface area contributed by atoms with E-state index in [9.17, 15) is 12.8 Å².